The number of hydrogen-bond donors (Lipinski definition) is 2. The highest BCUT2D eigenvalue weighted by atomic mass is 14.6. The van der Waals surface area contributed by atoms with E-state index in [1.807, 2.05) is 6.92 Å². The largest absolute Gasteiger partial charge is 0.328 e. The summed E-state index contributed by atoms with van der Waals surface area (Å²) in [7, 11) is 0. The zero-order valence-electron chi connectivity index (χ0n) is 9.26. The van der Waals surface area contributed by atoms with Crippen LogP contribution in [0.2, 0.25) is 0 Å². The minimum absolute atomic E-state index is 0.307. The Kier molecular flexibility index (Phi) is 8.46. The highest BCUT2D eigenvalue weighted by molar-refractivity contribution is 4.64. The third-order valence-electron chi connectivity index (χ3n) is 2.42. The Labute approximate surface area is 83.1 Å². The molecule has 0 aliphatic carbocycles. The van der Waals surface area contributed by atoms with Gasteiger partial charge in [0.15, 0.2) is 0 Å². The Hall–Kier alpha value is -0.0800. The van der Waals surface area contributed by atoms with Crippen LogP contribution in [0.5, 0.6) is 0 Å². The smallest absolute Gasteiger partial charge is 0.00394 e. The second-order valence-electron chi connectivity index (χ2n) is 4.16. The molecule has 2 nitrogen and oxygen atoms in total. The first-order valence-electron chi connectivity index (χ1n) is 5.68. The predicted octanol–water partition coefficient (Wildman–Crippen LogP) is 2.41. The van der Waals surface area contributed by atoms with E-state index >= 15 is 0 Å². The molecular formula is C11H26N2. The number of unbranched alkanes of at least 4 members (excludes halogenated alkanes) is 3. The molecule has 0 bridgehead atoms. The van der Waals surface area contributed by atoms with Crippen LogP contribution in [0.15, 0.2) is 0 Å². The molecule has 0 aliphatic rings. The molecule has 0 aromatic carbocycles. The summed E-state index contributed by atoms with van der Waals surface area (Å²) >= 11 is 0. The standard InChI is InChI=1S/C11H26N2/c1-3-4-5-6-7-11(13)9-8-10(2)12/h10-11H,3-9,12-13H2,1-2H3. The zero-order valence-corrected chi connectivity index (χ0v) is 9.26. The van der Waals surface area contributed by atoms with E-state index in [2.05, 4.69) is 6.92 Å². The van der Waals surface area contributed by atoms with Gasteiger partial charge in [-0.3, -0.25) is 0 Å². The van der Waals surface area contributed by atoms with Gasteiger partial charge in [0, 0.05) is 12.1 Å². The topological polar surface area (TPSA) is 52.0 Å². The Balaban J connectivity index is 3.15. The average molecular weight is 186 g/mol. The normalized spacial score (nSPS) is 15.7. The number of nitrogens with two attached hydrogens (primary N) is 2. The van der Waals surface area contributed by atoms with Gasteiger partial charge in [0.25, 0.3) is 0 Å². The minimum Gasteiger partial charge on any atom is -0.328 e. The van der Waals surface area contributed by atoms with Crippen molar-refractivity contribution < 1.29 is 0 Å². The molecule has 0 rings (SSSR count). The lowest BCUT2D eigenvalue weighted by molar-refractivity contribution is 0.486. The van der Waals surface area contributed by atoms with Gasteiger partial charge >= 0.3 is 0 Å². The second-order valence-corrected chi connectivity index (χ2v) is 4.16. The van der Waals surface area contributed by atoms with Crippen LogP contribution in [0.1, 0.15) is 58.8 Å². The summed E-state index contributed by atoms with van der Waals surface area (Å²) in [6.07, 6.45) is 8.59. The molecule has 0 saturated heterocycles. The first kappa shape index (κ1) is 12.9. The molecule has 2 atom stereocenters. The summed E-state index contributed by atoms with van der Waals surface area (Å²) in [6, 6.07) is 0.685. The molecule has 0 amide bonds. The predicted molar refractivity (Wildman–Crippen MR) is 59.6 cm³/mol. The van der Waals surface area contributed by atoms with E-state index in [1.54, 1.807) is 0 Å². The van der Waals surface area contributed by atoms with Crippen molar-refractivity contribution in [3.63, 3.8) is 0 Å². The summed E-state index contributed by atoms with van der Waals surface area (Å²) in [4.78, 5) is 0. The van der Waals surface area contributed by atoms with Crippen LogP contribution in [-0.2, 0) is 0 Å². The van der Waals surface area contributed by atoms with Crippen molar-refractivity contribution in [3.8, 4) is 0 Å². The minimum atomic E-state index is 0.307. The molecule has 0 aliphatic heterocycles. The Morgan fingerprint density at radius 1 is 0.923 bits per heavy atom. The molecule has 2 unspecified atom stereocenters. The monoisotopic (exact) mass is 186 g/mol. The van der Waals surface area contributed by atoms with Crippen molar-refractivity contribution in [3.05, 3.63) is 0 Å². The summed E-state index contributed by atoms with van der Waals surface area (Å²) in [6.45, 7) is 4.28. The SMILES string of the molecule is CCCCCCC(N)CCC(C)N. The Morgan fingerprint density at radius 3 is 2.15 bits per heavy atom. The lowest BCUT2D eigenvalue weighted by Gasteiger charge is -2.12. The quantitative estimate of drug-likeness (QED) is 0.572. The van der Waals surface area contributed by atoms with Crippen LogP contribution in [0.25, 0.3) is 0 Å². The van der Waals surface area contributed by atoms with E-state index < -0.39 is 0 Å². The van der Waals surface area contributed by atoms with Gasteiger partial charge < -0.3 is 11.5 Å². The first-order chi connectivity index (χ1) is 6.16. The van der Waals surface area contributed by atoms with Gasteiger partial charge in [-0.1, -0.05) is 32.6 Å². The maximum Gasteiger partial charge on any atom is 0.00394 e. The number of hydrogen-bond acceptors (Lipinski definition) is 2. The summed E-state index contributed by atoms with van der Waals surface area (Å²) in [5.74, 6) is 0. The van der Waals surface area contributed by atoms with Crippen LogP contribution in [-0.4, -0.2) is 12.1 Å². The van der Waals surface area contributed by atoms with E-state index in [-0.39, 0.29) is 0 Å². The fraction of sp³-hybridized carbons (Fsp3) is 1.00. The average Bonchev–Trinajstić information content (AvgIpc) is 2.09. The first-order valence-corrected chi connectivity index (χ1v) is 5.68. The van der Waals surface area contributed by atoms with Crippen LogP contribution >= 0.6 is 0 Å². The molecule has 0 heterocycles. The summed E-state index contributed by atoms with van der Waals surface area (Å²) in [5.41, 5.74) is 11.6. The van der Waals surface area contributed by atoms with Gasteiger partial charge in [0.1, 0.15) is 0 Å². The number of rotatable bonds is 8. The highest BCUT2D eigenvalue weighted by Crippen LogP contribution is 2.08. The summed E-state index contributed by atoms with van der Waals surface area (Å²) < 4.78 is 0. The van der Waals surface area contributed by atoms with E-state index in [0.717, 1.165) is 12.8 Å². The van der Waals surface area contributed by atoms with E-state index in [1.165, 1.54) is 32.1 Å². The van der Waals surface area contributed by atoms with Crippen molar-refractivity contribution >= 4 is 0 Å². The van der Waals surface area contributed by atoms with Crippen molar-refractivity contribution in [2.75, 3.05) is 0 Å². The van der Waals surface area contributed by atoms with Crippen LogP contribution in [0.3, 0.4) is 0 Å². The maximum atomic E-state index is 5.95. The third kappa shape index (κ3) is 9.84. The molecule has 80 valence electrons. The molecule has 0 saturated carbocycles. The summed E-state index contributed by atoms with van der Waals surface area (Å²) in [5, 5.41) is 0. The molecule has 0 spiro atoms. The molecule has 2 heteroatoms. The van der Waals surface area contributed by atoms with E-state index in [4.69, 9.17) is 11.5 Å². The molecular weight excluding hydrogens is 160 g/mol. The van der Waals surface area contributed by atoms with Crippen molar-refractivity contribution in [2.24, 2.45) is 11.5 Å². The molecule has 4 N–H and O–H groups in total. The van der Waals surface area contributed by atoms with E-state index in [0.29, 0.717) is 12.1 Å². The molecule has 0 fully saturated rings. The highest BCUT2D eigenvalue weighted by Gasteiger charge is 2.03. The van der Waals surface area contributed by atoms with Crippen molar-refractivity contribution in [2.45, 2.75) is 70.9 Å². The maximum absolute atomic E-state index is 5.95. The second kappa shape index (κ2) is 8.52. The Morgan fingerprint density at radius 2 is 1.62 bits per heavy atom. The molecule has 0 radical (unpaired) electrons. The van der Waals surface area contributed by atoms with Gasteiger partial charge in [-0.25, -0.2) is 0 Å². The molecule has 13 heavy (non-hydrogen) atoms. The molecule has 0 aromatic rings. The van der Waals surface area contributed by atoms with Crippen molar-refractivity contribution in [1.82, 2.24) is 0 Å². The lowest BCUT2D eigenvalue weighted by Crippen LogP contribution is -2.24. The fourth-order valence-corrected chi connectivity index (χ4v) is 1.45. The van der Waals surface area contributed by atoms with Crippen LogP contribution in [0.4, 0.5) is 0 Å². The van der Waals surface area contributed by atoms with Gasteiger partial charge in [-0.05, 0) is 26.2 Å². The lowest BCUT2D eigenvalue weighted by atomic mass is 10.0. The van der Waals surface area contributed by atoms with Crippen molar-refractivity contribution in [1.29, 1.82) is 0 Å². The Bertz CT molecular complexity index is 102. The van der Waals surface area contributed by atoms with Gasteiger partial charge in [0.05, 0.1) is 0 Å². The fourth-order valence-electron chi connectivity index (χ4n) is 1.45. The van der Waals surface area contributed by atoms with Crippen LogP contribution < -0.4 is 11.5 Å². The van der Waals surface area contributed by atoms with E-state index in [9.17, 15) is 0 Å². The zero-order chi connectivity index (χ0) is 10.1. The van der Waals surface area contributed by atoms with Gasteiger partial charge in [-0.2, -0.15) is 0 Å². The van der Waals surface area contributed by atoms with Gasteiger partial charge in [0.2, 0.25) is 0 Å². The molecule has 0 aromatic heterocycles. The third-order valence-corrected chi connectivity index (χ3v) is 2.42. The van der Waals surface area contributed by atoms with Crippen LogP contribution in [0, 0.1) is 0 Å². The van der Waals surface area contributed by atoms with Gasteiger partial charge in [-0.15, -0.1) is 0 Å².